The molecule has 88 valence electrons. The number of nitrogens with zero attached hydrogens (tertiary/aromatic N) is 1. The second-order valence-corrected chi connectivity index (χ2v) is 5.77. The third kappa shape index (κ3) is 1.63. The molecule has 0 bridgehead atoms. The van der Waals surface area contributed by atoms with Gasteiger partial charge in [0.1, 0.15) is 11.4 Å². The molecule has 0 amide bonds. The first-order valence-electron chi connectivity index (χ1n) is 5.89. The summed E-state index contributed by atoms with van der Waals surface area (Å²) in [5.74, 6) is 0.707. The molecule has 4 heteroatoms. The van der Waals surface area contributed by atoms with Crippen molar-refractivity contribution in [2.75, 3.05) is 13.1 Å². The molecule has 2 aliphatic rings. The van der Waals surface area contributed by atoms with Gasteiger partial charge in [-0.3, -0.25) is 0 Å². The van der Waals surface area contributed by atoms with Crippen LogP contribution in [0.1, 0.15) is 31.4 Å². The van der Waals surface area contributed by atoms with Crippen molar-refractivity contribution in [3.8, 4) is 0 Å². The molecule has 2 unspecified atom stereocenters. The maximum absolute atomic E-state index is 10.7. The monoisotopic (exact) mass is 285 g/mol. The van der Waals surface area contributed by atoms with Crippen LogP contribution in [0.5, 0.6) is 0 Å². The molecule has 3 rings (SSSR count). The van der Waals surface area contributed by atoms with Gasteiger partial charge in [0.25, 0.3) is 0 Å². The summed E-state index contributed by atoms with van der Waals surface area (Å²) < 4.78 is 6.33. The molecule has 0 saturated carbocycles. The Kier molecular flexibility index (Phi) is 2.61. The third-order valence-electron chi connectivity index (χ3n) is 3.92. The van der Waals surface area contributed by atoms with Crippen LogP contribution >= 0.6 is 15.9 Å². The zero-order valence-electron chi connectivity index (χ0n) is 9.16. The van der Waals surface area contributed by atoms with Gasteiger partial charge >= 0.3 is 0 Å². The van der Waals surface area contributed by atoms with Crippen molar-refractivity contribution >= 4 is 15.9 Å². The molecule has 1 aromatic rings. The van der Waals surface area contributed by atoms with E-state index in [9.17, 15) is 5.11 Å². The molecular weight excluding hydrogens is 270 g/mol. The van der Waals surface area contributed by atoms with E-state index in [1.165, 1.54) is 19.4 Å². The molecule has 1 N–H and O–H groups in total. The maximum atomic E-state index is 10.7. The molecule has 0 spiro atoms. The zero-order chi connectivity index (χ0) is 11.2. The summed E-state index contributed by atoms with van der Waals surface area (Å²) in [4.78, 5) is 2.49. The lowest BCUT2D eigenvalue weighted by atomic mass is 9.84. The quantitative estimate of drug-likeness (QED) is 0.861. The Morgan fingerprint density at radius 3 is 3.12 bits per heavy atom. The minimum atomic E-state index is -0.770. The van der Waals surface area contributed by atoms with Gasteiger partial charge in [0.05, 0.1) is 10.7 Å². The summed E-state index contributed by atoms with van der Waals surface area (Å²) in [6.07, 6.45) is 5.69. The second kappa shape index (κ2) is 3.86. The summed E-state index contributed by atoms with van der Waals surface area (Å²) in [6, 6.07) is 2.39. The number of fused-ring (bicyclic) bond motifs is 1. The van der Waals surface area contributed by atoms with Crippen molar-refractivity contribution in [3.05, 3.63) is 22.6 Å². The van der Waals surface area contributed by atoms with Crippen molar-refractivity contribution in [2.45, 2.75) is 37.3 Å². The van der Waals surface area contributed by atoms with E-state index in [4.69, 9.17) is 4.42 Å². The van der Waals surface area contributed by atoms with Gasteiger partial charge in [-0.2, -0.15) is 0 Å². The van der Waals surface area contributed by atoms with Crippen LogP contribution in [0.2, 0.25) is 0 Å². The number of rotatable bonds is 1. The largest absolute Gasteiger partial charge is 0.465 e. The van der Waals surface area contributed by atoms with E-state index in [0.717, 1.165) is 23.9 Å². The highest BCUT2D eigenvalue weighted by molar-refractivity contribution is 9.10. The molecule has 0 aliphatic carbocycles. The first-order valence-corrected chi connectivity index (χ1v) is 6.68. The van der Waals surface area contributed by atoms with E-state index in [1.807, 2.05) is 6.07 Å². The fourth-order valence-electron chi connectivity index (χ4n) is 3.07. The second-order valence-electron chi connectivity index (χ2n) is 4.92. The van der Waals surface area contributed by atoms with Crippen LogP contribution in [0.15, 0.2) is 21.2 Å². The molecule has 16 heavy (non-hydrogen) atoms. The Labute approximate surface area is 104 Å². The predicted molar refractivity (Wildman–Crippen MR) is 64.1 cm³/mol. The van der Waals surface area contributed by atoms with E-state index < -0.39 is 5.60 Å². The molecule has 0 aromatic carbocycles. The molecule has 3 nitrogen and oxygen atoms in total. The van der Waals surface area contributed by atoms with Gasteiger partial charge in [-0.05, 0) is 54.2 Å². The van der Waals surface area contributed by atoms with E-state index in [2.05, 4.69) is 20.8 Å². The van der Waals surface area contributed by atoms with Crippen LogP contribution in [-0.4, -0.2) is 29.1 Å². The highest BCUT2D eigenvalue weighted by Gasteiger charge is 2.43. The summed E-state index contributed by atoms with van der Waals surface area (Å²) in [6.45, 7) is 2.17. The normalized spacial score (nSPS) is 35.2. The van der Waals surface area contributed by atoms with E-state index in [-0.39, 0.29) is 0 Å². The van der Waals surface area contributed by atoms with Gasteiger partial charge in [0.15, 0.2) is 0 Å². The van der Waals surface area contributed by atoms with Gasteiger partial charge in [0, 0.05) is 12.6 Å². The lowest BCUT2D eigenvalue weighted by Gasteiger charge is -2.39. The van der Waals surface area contributed by atoms with Crippen molar-refractivity contribution in [1.82, 2.24) is 4.90 Å². The molecule has 3 heterocycles. The number of piperidine rings is 1. The molecule has 2 atom stereocenters. The van der Waals surface area contributed by atoms with Crippen LogP contribution in [0.4, 0.5) is 0 Å². The third-order valence-corrected chi connectivity index (χ3v) is 4.55. The van der Waals surface area contributed by atoms with Crippen LogP contribution in [-0.2, 0) is 5.60 Å². The summed E-state index contributed by atoms with van der Waals surface area (Å²) >= 11 is 3.44. The Hall–Kier alpha value is -0.320. The lowest BCUT2D eigenvalue weighted by Crippen LogP contribution is -2.45. The van der Waals surface area contributed by atoms with Gasteiger partial charge in [-0.1, -0.05) is 0 Å². The van der Waals surface area contributed by atoms with Gasteiger partial charge in [-0.25, -0.2) is 0 Å². The summed E-state index contributed by atoms with van der Waals surface area (Å²) in [7, 11) is 0. The van der Waals surface area contributed by atoms with Gasteiger partial charge in [-0.15, -0.1) is 0 Å². The number of furan rings is 1. The Morgan fingerprint density at radius 2 is 2.38 bits per heavy atom. The zero-order valence-corrected chi connectivity index (χ0v) is 10.7. The van der Waals surface area contributed by atoms with Crippen molar-refractivity contribution in [2.24, 2.45) is 0 Å². The van der Waals surface area contributed by atoms with Crippen molar-refractivity contribution < 1.29 is 9.52 Å². The van der Waals surface area contributed by atoms with Crippen LogP contribution in [0, 0.1) is 0 Å². The minimum absolute atomic E-state index is 0.538. The molecule has 2 aliphatic heterocycles. The first-order chi connectivity index (χ1) is 7.69. The topological polar surface area (TPSA) is 36.6 Å². The highest BCUT2D eigenvalue weighted by Crippen LogP contribution is 2.42. The first kappa shape index (κ1) is 10.8. The number of hydrogen-bond donors (Lipinski definition) is 1. The summed E-state index contributed by atoms with van der Waals surface area (Å²) in [5.41, 5.74) is -0.770. The van der Waals surface area contributed by atoms with Crippen molar-refractivity contribution in [3.63, 3.8) is 0 Å². The molecule has 2 saturated heterocycles. The smallest absolute Gasteiger partial charge is 0.149 e. The molecule has 0 radical (unpaired) electrons. The maximum Gasteiger partial charge on any atom is 0.149 e. The van der Waals surface area contributed by atoms with E-state index in [1.54, 1.807) is 6.26 Å². The number of hydrogen-bond acceptors (Lipinski definition) is 3. The van der Waals surface area contributed by atoms with Crippen LogP contribution in [0.3, 0.4) is 0 Å². The Morgan fingerprint density at radius 1 is 1.50 bits per heavy atom. The SMILES string of the molecule is OC1(c2occc2Br)CCN2CCCC2C1. The fourth-order valence-corrected chi connectivity index (χ4v) is 3.64. The standard InChI is InChI=1S/C12H16BrNO2/c13-10-3-7-16-11(10)12(15)4-6-14-5-1-2-9(14)8-12/h3,7,9,15H,1-2,4-6,8H2. The fraction of sp³-hybridized carbons (Fsp3) is 0.667. The average Bonchev–Trinajstić information content (AvgIpc) is 2.85. The number of halogens is 1. The molecule has 2 fully saturated rings. The predicted octanol–water partition coefficient (Wildman–Crippen LogP) is 2.49. The Balaban J connectivity index is 1.86. The van der Waals surface area contributed by atoms with Gasteiger partial charge < -0.3 is 14.4 Å². The van der Waals surface area contributed by atoms with E-state index >= 15 is 0 Å². The highest BCUT2D eigenvalue weighted by atomic mass is 79.9. The van der Waals surface area contributed by atoms with E-state index in [0.29, 0.717) is 11.8 Å². The Bertz CT molecular complexity index is 392. The van der Waals surface area contributed by atoms with Crippen molar-refractivity contribution in [1.29, 1.82) is 0 Å². The number of aliphatic hydroxyl groups is 1. The molecule has 1 aromatic heterocycles. The van der Waals surface area contributed by atoms with Crippen LogP contribution < -0.4 is 0 Å². The van der Waals surface area contributed by atoms with Gasteiger partial charge in [0.2, 0.25) is 0 Å². The minimum Gasteiger partial charge on any atom is -0.465 e. The molecular formula is C12H16BrNO2. The lowest BCUT2D eigenvalue weighted by molar-refractivity contribution is -0.0565. The summed E-state index contributed by atoms with van der Waals surface area (Å²) in [5, 5.41) is 10.7. The average molecular weight is 286 g/mol. The van der Waals surface area contributed by atoms with Crippen LogP contribution in [0.25, 0.3) is 0 Å².